The normalized spacial score (nSPS) is 10.8. The zero-order valence-corrected chi connectivity index (χ0v) is 16.2. The summed E-state index contributed by atoms with van der Waals surface area (Å²) in [5.74, 6) is 1.22. The van der Waals surface area contributed by atoms with Crippen LogP contribution in [0.5, 0.6) is 11.5 Å². The second kappa shape index (κ2) is 11.3. The lowest BCUT2D eigenvalue weighted by Gasteiger charge is -2.14. The van der Waals surface area contributed by atoms with Crippen LogP contribution in [0.4, 0.5) is 0 Å². The molecule has 0 fully saturated rings. The number of hydrogen-bond donors (Lipinski definition) is 3. The largest absolute Gasteiger partial charge is 0.493 e. The van der Waals surface area contributed by atoms with Crippen molar-refractivity contribution in [2.75, 3.05) is 33.4 Å². The van der Waals surface area contributed by atoms with Gasteiger partial charge in [0.05, 0.1) is 13.7 Å². The van der Waals surface area contributed by atoms with E-state index in [0.29, 0.717) is 41.2 Å². The highest BCUT2D eigenvalue weighted by Crippen LogP contribution is 2.34. The lowest BCUT2D eigenvalue weighted by atomic mass is 10.2. The molecular weight excluding hydrogens is 375 g/mol. The van der Waals surface area contributed by atoms with Crippen molar-refractivity contribution in [3.05, 3.63) is 57.6 Å². The first-order chi connectivity index (χ1) is 12.6. The molecule has 2 aromatic rings. The second-order valence-corrected chi connectivity index (χ2v) is 6.51. The Labute approximate surface area is 164 Å². The van der Waals surface area contributed by atoms with Crippen LogP contribution in [0.3, 0.4) is 0 Å². The summed E-state index contributed by atoms with van der Waals surface area (Å²) >= 11 is 12.4. The van der Waals surface area contributed by atoms with Gasteiger partial charge in [-0.2, -0.15) is 0 Å². The van der Waals surface area contributed by atoms with E-state index in [9.17, 15) is 0 Å². The Morgan fingerprint density at radius 3 is 2.54 bits per heavy atom. The van der Waals surface area contributed by atoms with E-state index in [4.69, 9.17) is 37.8 Å². The molecule has 26 heavy (non-hydrogen) atoms. The number of hydrogen-bond acceptors (Lipinski definition) is 5. The third kappa shape index (κ3) is 6.67. The van der Waals surface area contributed by atoms with Crippen molar-refractivity contribution in [1.29, 1.82) is 0 Å². The SMILES string of the molecule is COc1cc(CNCCNCCO)c(Cl)cc1OCc1cccc(Cl)c1. The first kappa shape index (κ1) is 20.8. The fourth-order valence-electron chi connectivity index (χ4n) is 2.38. The molecule has 2 rings (SSSR count). The molecule has 0 aromatic heterocycles. The maximum atomic E-state index is 8.72. The summed E-state index contributed by atoms with van der Waals surface area (Å²) in [6.45, 7) is 3.27. The molecule has 0 saturated carbocycles. The molecule has 0 amide bonds. The van der Waals surface area contributed by atoms with E-state index < -0.39 is 0 Å². The summed E-state index contributed by atoms with van der Waals surface area (Å²) in [6.07, 6.45) is 0. The third-order valence-corrected chi connectivity index (χ3v) is 4.29. The lowest BCUT2D eigenvalue weighted by molar-refractivity contribution is 0.284. The van der Waals surface area contributed by atoms with Gasteiger partial charge in [-0.25, -0.2) is 0 Å². The van der Waals surface area contributed by atoms with Gasteiger partial charge in [-0.05, 0) is 29.3 Å². The number of benzene rings is 2. The molecule has 0 aliphatic carbocycles. The molecule has 0 radical (unpaired) electrons. The van der Waals surface area contributed by atoms with Crippen molar-refractivity contribution in [3.63, 3.8) is 0 Å². The molecule has 0 atom stereocenters. The Balaban J connectivity index is 1.95. The molecule has 0 spiro atoms. The smallest absolute Gasteiger partial charge is 0.163 e. The van der Waals surface area contributed by atoms with Gasteiger partial charge in [-0.3, -0.25) is 0 Å². The zero-order valence-electron chi connectivity index (χ0n) is 14.7. The van der Waals surface area contributed by atoms with Crippen molar-refractivity contribution in [3.8, 4) is 11.5 Å². The molecule has 0 aliphatic rings. The molecule has 142 valence electrons. The van der Waals surface area contributed by atoms with Gasteiger partial charge in [-0.15, -0.1) is 0 Å². The molecule has 0 unspecified atom stereocenters. The molecule has 0 aliphatic heterocycles. The molecule has 2 aromatic carbocycles. The third-order valence-electron chi connectivity index (χ3n) is 3.70. The van der Waals surface area contributed by atoms with E-state index >= 15 is 0 Å². The fraction of sp³-hybridized carbons (Fsp3) is 0.368. The second-order valence-electron chi connectivity index (χ2n) is 5.66. The fourth-order valence-corrected chi connectivity index (χ4v) is 2.81. The highest BCUT2D eigenvalue weighted by molar-refractivity contribution is 6.31. The van der Waals surface area contributed by atoms with Crippen molar-refractivity contribution >= 4 is 23.2 Å². The van der Waals surface area contributed by atoms with Crippen molar-refractivity contribution in [2.45, 2.75) is 13.2 Å². The molecule has 3 N–H and O–H groups in total. The Morgan fingerprint density at radius 2 is 1.81 bits per heavy atom. The zero-order chi connectivity index (χ0) is 18.8. The molecule has 0 bridgehead atoms. The van der Waals surface area contributed by atoms with Crippen molar-refractivity contribution in [1.82, 2.24) is 10.6 Å². The average molecular weight is 399 g/mol. The van der Waals surface area contributed by atoms with E-state index in [-0.39, 0.29) is 6.61 Å². The Morgan fingerprint density at radius 1 is 1.00 bits per heavy atom. The minimum absolute atomic E-state index is 0.139. The molecule has 5 nitrogen and oxygen atoms in total. The van der Waals surface area contributed by atoms with E-state index in [2.05, 4.69) is 10.6 Å². The summed E-state index contributed by atoms with van der Waals surface area (Å²) in [5.41, 5.74) is 1.90. The van der Waals surface area contributed by atoms with E-state index in [1.807, 2.05) is 30.3 Å². The predicted octanol–water partition coefficient (Wildman–Crippen LogP) is 3.25. The summed E-state index contributed by atoms with van der Waals surface area (Å²) in [5, 5.41) is 16.4. The van der Waals surface area contributed by atoms with Gasteiger partial charge in [0, 0.05) is 42.3 Å². The number of aliphatic hydroxyl groups is 1. The van der Waals surface area contributed by atoms with Crippen LogP contribution in [0.2, 0.25) is 10.0 Å². The van der Waals surface area contributed by atoms with Crippen LogP contribution >= 0.6 is 23.2 Å². The topological polar surface area (TPSA) is 62.8 Å². The predicted molar refractivity (Wildman–Crippen MR) is 105 cm³/mol. The maximum Gasteiger partial charge on any atom is 0.163 e. The molecule has 0 saturated heterocycles. The van der Waals surface area contributed by atoms with E-state index in [1.54, 1.807) is 13.2 Å². The van der Waals surface area contributed by atoms with Gasteiger partial charge in [-0.1, -0.05) is 35.3 Å². The molecule has 7 heteroatoms. The Kier molecular flexibility index (Phi) is 9.01. The van der Waals surface area contributed by atoms with Crippen molar-refractivity contribution in [2.24, 2.45) is 0 Å². The van der Waals surface area contributed by atoms with Gasteiger partial charge >= 0.3 is 0 Å². The Bertz CT molecular complexity index is 698. The minimum Gasteiger partial charge on any atom is -0.493 e. The lowest BCUT2D eigenvalue weighted by Crippen LogP contribution is -2.28. The van der Waals surface area contributed by atoms with Crippen LogP contribution in [0, 0.1) is 0 Å². The van der Waals surface area contributed by atoms with Gasteiger partial charge in [0.25, 0.3) is 0 Å². The van der Waals surface area contributed by atoms with Crippen LogP contribution in [-0.2, 0) is 13.2 Å². The first-order valence-electron chi connectivity index (χ1n) is 8.40. The highest BCUT2D eigenvalue weighted by Gasteiger charge is 2.11. The Hall–Kier alpha value is -1.50. The average Bonchev–Trinajstić information content (AvgIpc) is 2.64. The summed E-state index contributed by atoms with van der Waals surface area (Å²) in [7, 11) is 1.60. The highest BCUT2D eigenvalue weighted by atomic mass is 35.5. The van der Waals surface area contributed by atoms with Crippen LogP contribution in [-0.4, -0.2) is 38.5 Å². The van der Waals surface area contributed by atoms with Gasteiger partial charge < -0.3 is 25.2 Å². The number of ether oxygens (including phenoxy) is 2. The monoisotopic (exact) mass is 398 g/mol. The number of nitrogens with one attached hydrogen (secondary N) is 2. The van der Waals surface area contributed by atoms with Crippen LogP contribution in [0.15, 0.2) is 36.4 Å². The molecule has 0 heterocycles. The number of halogens is 2. The standard InChI is InChI=1S/C19H24Cl2N2O3/c1-25-18-10-15(12-23-6-5-22-7-8-24)17(21)11-19(18)26-13-14-3-2-4-16(20)9-14/h2-4,9-11,22-24H,5-8,12-13H2,1H3. The van der Waals surface area contributed by atoms with Crippen LogP contribution in [0.25, 0.3) is 0 Å². The number of methoxy groups -OCH3 is 1. The van der Waals surface area contributed by atoms with Crippen LogP contribution < -0.4 is 20.1 Å². The van der Waals surface area contributed by atoms with Gasteiger partial charge in [0.15, 0.2) is 11.5 Å². The quantitative estimate of drug-likeness (QED) is 0.507. The van der Waals surface area contributed by atoms with Gasteiger partial charge in [0.1, 0.15) is 6.61 Å². The minimum atomic E-state index is 0.139. The van der Waals surface area contributed by atoms with Gasteiger partial charge in [0.2, 0.25) is 0 Å². The summed E-state index contributed by atoms with van der Waals surface area (Å²) in [4.78, 5) is 0. The summed E-state index contributed by atoms with van der Waals surface area (Å²) < 4.78 is 11.3. The van der Waals surface area contributed by atoms with Crippen molar-refractivity contribution < 1.29 is 14.6 Å². The van der Waals surface area contributed by atoms with E-state index in [0.717, 1.165) is 24.2 Å². The first-order valence-corrected chi connectivity index (χ1v) is 9.15. The maximum absolute atomic E-state index is 8.72. The number of aliphatic hydroxyl groups excluding tert-OH is 1. The summed E-state index contributed by atoms with van der Waals surface area (Å²) in [6, 6.07) is 11.2. The molecular formula is C19H24Cl2N2O3. The number of rotatable bonds is 11. The van der Waals surface area contributed by atoms with E-state index in [1.165, 1.54) is 0 Å². The van der Waals surface area contributed by atoms with Crippen LogP contribution in [0.1, 0.15) is 11.1 Å².